The molecule has 0 amide bonds. The Balaban J connectivity index is 1.53. The van der Waals surface area contributed by atoms with Crippen LogP contribution in [0.4, 0.5) is 0 Å². The molecule has 0 saturated heterocycles. The summed E-state index contributed by atoms with van der Waals surface area (Å²) in [4.78, 5) is 5.27. The van der Waals surface area contributed by atoms with Crippen LogP contribution in [0.5, 0.6) is 0 Å². The van der Waals surface area contributed by atoms with Crippen molar-refractivity contribution in [1.29, 1.82) is 0 Å². The molecule has 3 aromatic rings. The van der Waals surface area contributed by atoms with Crippen molar-refractivity contribution in [2.75, 3.05) is 6.54 Å². The molecule has 0 aliphatic carbocycles. The van der Waals surface area contributed by atoms with Gasteiger partial charge < -0.3 is 9.80 Å². The average molecular weight is 427 g/mol. The van der Waals surface area contributed by atoms with E-state index in [1.54, 1.807) is 0 Å². The lowest BCUT2D eigenvalue weighted by Crippen LogP contribution is -2.51. The molecule has 1 spiro atoms. The second kappa shape index (κ2) is 6.62. The Morgan fingerprint density at radius 1 is 0.818 bits per heavy atom. The average Bonchev–Trinajstić information content (AvgIpc) is 3.30. The van der Waals surface area contributed by atoms with Gasteiger partial charge in [0.2, 0.25) is 0 Å². The Hall–Kier alpha value is -3.78. The van der Waals surface area contributed by atoms with Gasteiger partial charge in [-0.05, 0) is 47.8 Å². The molecule has 4 heterocycles. The van der Waals surface area contributed by atoms with Crippen molar-refractivity contribution in [3.05, 3.63) is 142 Å². The third-order valence-corrected chi connectivity index (χ3v) is 7.74. The normalized spacial score (nSPS) is 24.4. The summed E-state index contributed by atoms with van der Waals surface area (Å²) in [6.07, 6.45) is 9.42. The van der Waals surface area contributed by atoms with Crippen LogP contribution in [-0.4, -0.2) is 16.3 Å². The fourth-order valence-electron chi connectivity index (χ4n) is 6.37. The van der Waals surface area contributed by atoms with Crippen molar-refractivity contribution in [1.82, 2.24) is 9.80 Å². The minimum atomic E-state index is -0.351. The zero-order valence-corrected chi connectivity index (χ0v) is 19.0. The van der Waals surface area contributed by atoms with E-state index in [2.05, 4.69) is 127 Å². The van der Waals surface area contributed by atoms with Gasteiger partial charge >= 0.3 is 0 Å². The second-order valence-corrected chi connectivity index (χ2v) is 9.53. The Labute approximate surface area is 195 Å². The van der Waals surface area contributed by atoms with Gasteiger partial charge in [0, 0.05) is 35.1 Å². The summed E-state index contributed by atoms with van der Waals surface area (Å²) in [6, 6.07) is 29.2. The van der Waals surface area contributed by atoms with Gasteiger partial charge in [-0.3, -0.25) is 0 Å². The number of hydrogen-bond acceptors (Lipinski definition) is 2. The van der Waals surface area contributed by atoms with Crippen LogP contribution in [0, 0.1) is 0 Å². The predicted octanol–water partition coefficient (Wildman–Crippen LogP) is 6.86. The van der Waals surface area contributed by atoms with Gasteiger partial charge in [-0.1, -0.05) is 91.0 Å². The molecule has 0 fully saturated rings. The highest BCUT2D eigenvalue weighted by molar-refractivity contribution is 5.86. The number of nitrogens with zero attached hydrogens (tertiary/aromatic N) is 2. The van der Waals surface area contributed by atoms with Gasteiger partial charge in [0.25, 0.3) is 0 Å². The molecule has 2 atom stereocenters. The summed E-state index contributed by atoms with van der Waals surface area (Å²) in [5.74, 6) is 0. The zero-order valence-electron chi connectivity index (χ0n) is 19.0. The Kier molecular flexibility index (Phi) is 3.76. The van der Waals surface area contributed by atoms with Crippen LogP contribution in [0.15, 0.2) is 114 Å². The predicted molar refractivity (Wildman–Crippen MR) is 135 cm³/mol. The number of rotatable bonds is 1. The summed E-state index contributed by atoms with van der Waals surface area (Å²) in [5.41, 5.74) is 11.9. The highest BCUT2D eigenvalue weighted by Crippen LogP contribution is 2.61. The van der Waals surface area contributed by atoms with E-state index < -0.39 is 0 Å². The fourth-order valence-corrected chi connectivity index (χ4v) is 6.37. The van der Waals surface area contributed by atoms with E-state index in [4.69, 9.17) is 0 Å². The minimum absolute atomic E-state index is 0.240. The fraction of sp³-hybridized carbons (Fsp3) is 0.161. The van der Waals surface area contributed by atoms with E-state index in [9.17, 15) is 0 Å². The largest absolute Gasteiger partial charge is 0.337 e. The van der Waals surface area contributed by atoms with Crippen LogP contribution >= 0.6 is 0 Å². The summed E-state index contributed by atoms with van der Waals surface area (Å²) in [7, 11) is 0. The second-order valence-electron chi connectivity index (χ2n) is 9.53. The van der Waals surface area contributed by atoms with Crippen LogP contribution in [0.1, 0.15) is 47.7 Å². The number of hydrogen-bond donors (Lipinski definition) is 0. The third-order valence-electron chi connectivity index (χ3n) is 7.74. The first-order valence-electron chi connectivity index (χ1n) is 11.8. The van der Waals surface area contributed by atoms with E-state index >= 15 is 0 Å². The lowest BCUT2D eigenvalue weighted by atomic mass is 9.89. The van der Waals surface area contributed by atoms with Crippen molar-refractivity contribution in [3.8, 4) is 0 Å². The summed E-state index contributed by atoms with van der Waals surface area (Å²) in [5, 5.41) is 0. The van der Waals surface area contributed by atoms with Gasteiger partial charge in [0.1, 0.15) is 0 Å². The molecular formula is C31H26N2. The van der Waals surface area contributed by atoms with Crippen molar-refractivity contribution < 1.29 is 0 Å². The third kappa shape index (κ3) is 2.33. The Morgan fingerprint density at radius 2 is 1.55 bits per heavy atom. The lowest BCUT2D eigenvalue weighted by molar-refractivity contribution is 0.0628. The molecule has 2 nitrogen and oxygen atoms in total. The number of fused-ring (bicyclic) bond motifs is 10. The first kappa shape index (κ1) is 18.8. The lowest BCUT2D eigenvalue weighted by Gasteiger charge is -2.48. The molecule has 160 valence electrons. The molecule has 33 heavy (non-hydrogen) atoms. The Bertz CT molecular complexity index is 1420. The van der Waals surface area contributed by atoms with Crippen molar-refractivity contribution in [2.24, 2.45) is 0 Å². The van der Waals surface area contributed by atoms with Crippen molar-refractivity contribution in [2.45, 2.75) is 25.6 Å². The highest BCUT2D eigenvalue weighted by Gasteiger charge is 2.59. The minimum Gasteiger partial charge on any atom is -0.337 e. The quantitative estimate of drug-likeness (QED) is 0.419. The molecule has 3 aromatic carbocycles. The van der Waals surface area contributed by atoms with Crippen molar-refractivity contribution in [3.63, 3.8) is 0 Å². The molecule has 2 heteroatoms. The molecule has 4 aliphatic rings. The van der Waals surface area contributed by atoms with Crippen LogP contribution in [0.3, 0.4) is 0 Å². The van der Waals surface area contributed by atoms with Crippen LogP contribution in [0.2, 0.25) is 0 Å². The van der Waals surface area contributed by atoms with Crippen LogP contribution in [0.25, 0.3) is 11.3 Å². The molecule has 0 aromatic heterocycles. The van der Waals surface area contributed by atoms with Crippen molar-refractivity contribution >= 4 is 11.3 Å². The standard InChI is InChI=1S/C31H26N2/c1-21-16-17-29-24-12-6-8-14-27(24)31(32(29)19-21)28-15-9-7-13-25(28)30-18-22(2)26(20-33(30)31)23-10-4-3-5-11-23/h3-19,29H,20H2,1-2H3/t29?,31-/m0/s1. The maximum Gasteiger partial charge on any atom is 0.168 e. The highest BCUT2D eigenvalue weighted by atomic mass is 15.5. The summed E-state index contributed by atoms with van der Waals surface area (Å²) in [6.45, 7) is 5.35. The Morgan fingerprint density at radius 3 is 2.39 bits per heavy atom. The smallest absolute Gasteiger partial charge is 0.168 e. The zero-order chi connectivity index (χ0) is 22.2. The molecule has 4 aliphatic heterocycles. The molecule has 0 radical (unpaired) electrons. The van der Waals surface area contributed by atoms with Gasteiger partial charge in [-0.25, -0.2) is 0 Å². The van der Waals surface area contributed by atoms with E-state index in [-0.39, 0.29) is 11.7 Å². The summed E-state index contributed by atoms with van der Waals surface area (Å²) < 4.78 is 0. The van der Waals surface area contributed by atoms with Gasteiger partial charge in [-0.2, -0.15) is 0 Å². The van der Waals surface area contributed by atoms with Gasteiger partial charge in [0.15, 0.2) is 5.66 Å². The van der Waals surface area contributed by atoms with Gasteiger partial charge in [-0.15, -0.1) is 0 Å². The number of benzene rings is 3. The molecule has 0 bridgehead atoms. The maximum absolute atomic E-state index is 2.66. The van der Waals surface area contributed by atoms with E-state index in [1.807, 2.05) is 0 Å². The molecule has 1 unspecified atom stereocenters. The van der Waals surface area contributed by atoms with Crippen LogP contribution < -0.4 is 0 Å². The van der Waals surface area contributed by atoms with Gasteiger partial charge in [0.05, 0.1) is 6.04 Å². The molecular weight excluding hydrogens is 400 g/mol. The van der Waals surface area contributed by atoms with E-state index in [0.717, 1.165) is 6.54 Å². The molecule has 0 N–H and O–H groups in total. The monoisotopic (exact) mass is 426 g/mol. The van der Waals surface area contributed by atoms with Crippen LogP contribution in [-0.2, 0) is 5.66 Å². The first-order valence-corrected chi connectivity index (χ1v) is 11.8. The van der Waals surface area contributed by atoms with E-state index in [0.29, 0.717) is 0 Å². The van der Waals surface area contributed by atoms with E-state index in [1.165, 1.54) is 50.2 Å². The first-order chi connectivity index (χ1) is 16.2. The summed E-state index contributed by atoms with van der Waals surface area (Å²) >= 11 is 0. The number of allylic oxidation sites excluding steroid dienone is 4. The SMILES string of the molecule is CC1=CN2C(C=C1)c1ccccc1[C@]21c2ccccc2C2=CC(C)=C(c3ccccc3)CN21. The maximum atomic E-state index is 2.66. The molecule has 7 rings (SSSR count). The topological polar surface area (TPSA) is 6.48 Å². The molecule has 0 saturated carbocycles.